The normalized spacial score (nSPS) is 11.6. The Labute approximate surface area is 107 Å². The summed E-state index contributed by atoms with van der Waals surface area (Å²) >= 11 is 0. The van der Waals surface area contributed by atoms with Crippen LogP contribution in [0.1, 0.15) is 16.9 Å². The Bertz CT molecular complexity index is 603. The van der Waals surface area contributed by atoms with E-state index in [1.54, 1.807) is 12.1 Å². The molecule has 0 aliphatic carbocycles. The number of rotatable bonds is 5. The summed E-state index contributed by atoms with van der Waals surface area (Å²) in [6, 6.07) is 10.9. The van der Waals surface area contributed by atoms with Gasteiger partial charge in [-0.05, 0) is 30.2 Å². The maximum Gasteiger partial charge on any atom is 0.216 e. The SMILES string of the molecule is Cc1ccccc1CS(=O)(=O)NCc1ccco1. The van der Waals surface area contributed by atoms with Gasteiger partial charge in [0.05, 0.1) is 18.6 Å². The first-order valence-corrected chi connectivity index (χ1v) is 7.26. The molecule has 1 aromatic heterocycles. The fourth-order valence-corrected chi connectivity index (χ4v) is 2.82. The van der Waals surface area contributed by atoms with Crippen LogP contribution >= 0.6 is 0 Å². The van der Waals surface area contributed by atoms with E-state index in [0.29, 0.717) is 5.76 Å². The van der Waals surface area contributed by atoms with Gasteiger partial charge < -0.3 is 4.42 Å². The molecule has 0 aliphatic rings. The lowest BCUT2D eigenvalue weighted by molar-refractivity contribution is 0.498. The molecule has 1 N–H and O–H groups in total. The third kappa shape index (κ3) is 3.45. The molecule has 18 heavy (non-hydrogen) atoms. The molecule has 0 bridgehead atoms. The Morgan fingerprint density at radius 1 is 1.17 bits per heavy atom. The Hall–Kier alpha value is -1.59. The zero-order chi connectivity index (χ0) is 13.0. The van der Waals surface area contributed by atoms with Crippen LogP contribution in [0.25, 0.3) is 0 Å². The minimum Gasteiger partial charge on any atom is -0.468 e. The van der Waals surface area contributed by atoms with Crippen molar-refractivity contribution in [1.29, 1.82) is 0 Å². The van der Waals surface area contributed by atoms with Crippen LogP contribution < -0.4 is 4.72 Å². The number of hydrogen-bond donors (Lipinski definition) is 1. The summed E-state index contributed by atoms with van der Waals surface area (Å²) in [6.45, 7) is 2.08. The van der Waals surface area contributed by atoms with Crippen LogP contribution in [-0.2, 0) is 22.3 Å². The average Bonchev–Trinajstić information content (AvgIpc) is 2.83. The van der Waals surface area contributed by atoms with Gasteiger partial charge in [0.2, 0.25) is 10.0 Å². The summed E-state index contributed by atoms with van der Waals surface area (Å²) in [7, 11) is -3.34. The van der Waals surface area contributed by atoms with Gasteiger partial charge in [-0.1, -0.05) is 24.3 Å². The van der Waals surface area contributed by atoms with Crippen molar-refractivity contribution in [2.45, 2.75) is 19.2 Å². The topological polar surface area (TPSA) is 59.3 Å². The van der Waals surface area contributed by atoms with Gasteiger partial charge >= 0.3 is 0 Å². The Morgan fingerprint density at radius 2 is 1.94 bits per heavy atom. The summed E-state index contributed by atoms with van der Waals surface area (Å²) in [6.07, 6.45) is 1.52. The molecular formula is C13H15NO3S. The number of furan rings is 1. The second-order valence-electron chi connectivity index (χ2n) is 4.09. The van der Waals surface area contributed by atoms with Gasteiger partial charge in [0.25, 0.3) is 0 Å². The molecule has 96 valence electrons. The highest BCUT2D eigenvalue weighted by atomic mass is 32.2. The van der Waals surface area contributed by atoms with E-state index in [9.17, 15) is 8.42 Å². The molecule has 0 unspecified atom stereocenters. The minimum atomic E-state index is -3.34. The minimum absolute atomic E-state index is 0.0135. The first-order chi connectivity index (χ1) is 8.57. The molecule has 0 amide bonds. The zero-order valence-corrected chi connectivity index (χ0v) is 10.9. The first kappa shape index (κ1) is 12.9. The quantitative estimate of drug-likeness (QED) is 0.901. The van der Waals surface area contributed by atoms with E-state index in [4.69, 9.17) is 4.42 Å². The van der Waals surface area contributed by atoms with E-state index in [2.05, 4.69) is 4.72 Å². The van der Waals surface area contributed by atoms with E-state index in [0.717, 1.165) is 11.1 Å². The summed E-state index contributed by atoms with van der Waals surface area (Å²) in [5.74, 6) is 0.587. The smallest absolute Gasteiger partial charge is 0.216 e. The molecule has 0 saturated heterocycles. The number of nitrogens with one attached hydrogen (secondary N) is 1. The van der Waals surface area contributed by atoms with Gasteiger partial charge in [-0.3, -0.25) is 0 Å². The Kier molecular flexibility index (Phi) is 3.84. The van der Waals surface area contributed by atoms with Gasteiger partial charge in [-0.25, -0.2) is 13.1 Å². The van der Waals surface area contributed by atoms with E-state index in [1.807, 2.05) is 31.2 Å². The number of benzene rings is 1. The van der Waals surface area contributed by atoms with Crippen molar-refractivity contribution in [2.75, 3.05) is 0 Å². The van der Waals surface area contributed by atoms with Gasteiger partial charge in [0.15, 0.2) is 0 Å². The predicted octanol–water partition coefficient (Wildman–Crippen LogP) is 2.21. The van der Waals surface area contributed by atoms with E-state index < -0.39 is 10.0 Å². The van der Waals surface area contributed by atoms with Gasteiger partial charge in [-0.2, -0.15) is 0 Å². The molecule has 0 aliphatic heterocycles. The number of hydrogen-bond acceptors (Lipinski definition) is 3. The maximum absolute atomic E-state index is 11.9. The third-order valence-corrected chi connectivity index (χ3v) is 3.93. The predicted molar refractivity (Wildman–Crippen MR) is 69.4 cm³/mol. The van der Waals surface area contributed by atoms with Gasteiger partial charge in [0, 0.05) is 0 Å². The van der Waals surface area contributed by atoms with Crippen molar-refractivity contribution in [2.24, 2.45) is 0 Å². The van der Waals surface area contributed by atoms with Crippen LogP contribution in [0.2, 0.25) is 0 Å². The van der Waals surface area contributed by atoms with Crippen LogP contribution in [0.4, 0.5) is 0 Å². The molecule has 4 nitrogen and oxygen atoms in total. The molecule has 1 aromatic carbocycles. The van der Waals surface area contributed by atoms with Crippen molar-refractivity contribution in [3.05, 3.63) is 59.5 Å². The molecular weight excluding hydrogens is 250 g/mol. The fourth-order valence-electron chi connectivity index (χ4n) is 1.62. The molecule has 0 radical (unpaired) electrons. The van der Waals surface area contributed by atoms with Crippen LogP contribution in [0, 0.1) is 6.92 Å². The first-order valence-electron chi connectivity index (χ1n) is 5.61. The standard InChI is InChI=1S/C13H15NO3S/c1-11-5-2-3-6-12(11)10-18(15,16)14-9-13-7-4-8-17-13/h2-8,14H,9-10H2,1H3. The lowest BCUT2D eigenvalue weighted by Gasteiger charge is -2.07. The summed E-state index contributed by atoms with van der Waals surface area (Å²) in [5, 5.41) is 0. The van der Waals surface area contributed by atoms with Crippen molar-refractivity contribution in [3.8, 4) is 0 Å². The highest BCUT2D eigenvalue weighted by molar-refractivity contribution is 7.88. The van der Waals surface area contributed by atoms with E-state index >= 15 is 0 Å². The van der Waals surface area contributed by atoms with Gasteiger partial charge in [-0.15, -0.1) is 0 Å². The largest absolute Gasteiger partial charge is 0.468 e. The summed E-state index contributed by atoms with van der Waals surface area (Å²) < 4.78 is 31.4. The van der Waals surface area contributed by atoms with Crippen molar-refractivity contribution in [3.63, 3.8) is 0 Å². The number of sulfonamides is 1. The maximum atomic E-state index is 11.9. The van der Waals surface area contributed by atoms with Crippen LogP contribution in [0.15, 0.2) is 47.1 Å². The van der Waals surface area contributed by atoms with Crippen molar-refractivity contribution >= 4 is 10.0 Å². The highest BCUT2D eigenvalue weighted by Gasteiger charge is 2.13. The molecule has 0 atom stereocenters. The molecule has 0 spiro atoms. The fraction of sp³-hybridized carbons (Fsp3) is 0.231. The average molecular weight is 265 g/mol. The monoisotopic (exact) mass is 265 g/mol. The Morgan fingerprint density at radius 3 is 2.61 bits per heavy atom. The molecule has 1 heterocycles. The lowest BCUT2D eigenvalue weighted by Crippen LogP contribution is -2.24. The van der Waals surface area contributed by atoms with Crippen molar-refractivity contribution in [1.82, 2.24) is 4.72 Å². The second kappa shape index (κ2) is 5.37. The number of aryl methyl sites for hydroxylation is 1. The van der Waals surface area contributed by atoms with Crippen molar-refractivity contribution < 1.29 is 12.8 Å². The van der Waals surface area contributed by atoms with Gasteiger partial charge in [0.1, 0.15) is 5.76 Å². The molecule has 5 heteroatoms. The Balaban J connectivity index is 2.02. The zero-order valence-electron chi connectivity index (χ0n) is 10.1. The molecule has 2 rings (SSSR count). The summed E-state index contributed by atoms with van der Waals surface area (Å²) in [5.41, 5.74) is 1.78. The molecule has 2 aromatic rings. The van der Waals surface area contributed by atoms with Crippen LogP contribution in [0.5, 0.6) is 0 Å². The van der Waals surface area contributed by atoms with Crippen LogP contribution in [-0.4, -0.2) is 8.42 Å². The van der Waals surface area contributed by atoms with Crippen LogP contribution in [0.3, 0.4) is 0 Å². The highest BCUT2D eigenvalue weighted by Crippen LogP contribution is 2.11. The van der Waals surface area contributed by atoms with E-state index in [1.165, 1.54) is 6.26 Å². The lowest BCUT2D eigenvalue weighted by atomic mass is 10.1. The summed E-state index contributed by atoms with van der Waals surface area (Å²) in [4.78, 5) is 0. The third-order valence-electron chi connectivity index (χ3n) is 2.65. The van der Waals surface area contributed by atoms with E-state index in [-0.39, 0.29) is 12.3 Å². The molecule has 0 fully saturated rings. The second-order valence-corrected chi connectivity index (χ2v) is 5.89. The molecule has 0 saturated carbocycles.